The van der Waals surface area contributed by atoms with Gasteiger partial charge >= 0.3 is 6.20 Å². The summed E-state index contributed by atoms with van der Waals surface area (Å²) >= 11 is 0. The molecule has 0 unspecified atom stereocenters. The van der Waals surface area contributed by atoms with Crippen molar-refractivity contribution in [3.05, 3.63) is 46.6 Å². The molecule has 0 spiro atoms. The zero-order valence-electron chi connectivity index (χ0n) is 11.2. The number of aliphatic hydroxyl groups excluding tert-OH is 1. The summed E-state index contributed by atoms with van der Waals surface area (Å²) in [6.07, 6.45) is 5.45. The van der Waals surface area contributed by atoms with Crippen molar-refractivity contribution in [2.75, 3.05) is 0 Å². The number of hydrogen-bond acceptors (Lipinski definition) is 3. The fourth-order valence-corrected chi connectivity index (χ4v) is 2.39. The summed E-state index contributed by atoms with van der Waals surface area (Å²) in [4.78, 5) is 2.81. The van der Waals surface area contributed by atoms with Crippen LogP contribution in [0.5, 0.6) is 0 Å². The van der Waals surface area contributed by atoms with Crippen molar-refractivity contribution >= 4 is 5.76 Å². The highest BCUT2D eigenvalue weighted by molar-refractivity contribution is 5.66. The highest BCUT2D eigenvalue weighted by Gasteiger charge is 2.26. The third kappa shape index (κ3) is 3.38. The normalized spacial score (nSPS) is 17.7. The van der Waals surface area contributed by atoms with Gasteiger partial charge in [0.15, 0.2) is 4.98 Å². The summed E-state index contributed by atoms with van der Waals surface area (Å²) in [5, 5.41) is 28.6. The second-order valence-electron chi connectivity index (χ2n) is 5.02. The Hall–Kier alpha value is -2.30. The minimum absolute atomic E-state index is 0.159. The van der Waals surface area contributed by atoms with Crippen molar-refractivity contribution in [2.45, 2.75) is 37.7 Å². The smallest absolute Gasteiger partial charge is 0.392 e. The molecule has 0 aliphatic heterocycles. The fraction of sp³-hybridized carbons (Fsp3) is 0.375. The van der Waals surface area contributed by atoms with Gasteiger partial charge in [0.25, 0.3) is 0 Å². The van der Waals surface area contributed by atoms with Crippen LogP contribution in [0.3, 0.4) is 0 Å². The molecular formula is C16H17N2O2+. The predicted octanol–water partition coefficient (Wildman–Crippen LogP) is 3.44. The third-order valence-corrected chi connectivity index (χ3v) is 3.49. The van der Waals surface area contributed by atoms with Gasteiger partial charge in [0.05, 0.1) is 0 Å². The van der Waals surface area contributed by atoms with E-state index in [0.717, 1.165) is 25.5 Å². The van der Waals surface area contributed by atoms with Crippen LogP contribution < -0.4 is 0 Å². The Morgan fingerprint density at radius 3 is 2.65 bits per heavy atom. The number of benzene rings is 1. The van der Waals surface area contributed by atoms with E-state index in [1.807, 2.05) is 6.07 Å². The molecule has 1 aliphatic rings. The van der Waals surface area contributed by atoms with Crippen molar-refractivity contribution in [3.63, 3.8) is 0 Å². The van der Waals surface area contributed by atoms with Crippen LogP contribution in [0.25, 0.3) is 10.7 Å². The Bertz CT molecular complexity index is 611. The average Bonchev–Trinajstić information content (AvgIpc) is 2.47. The average molecular weight is 269 g/mol. The third-order valence-electron chi connectivity index (χ3n) is 3.49. The van der Waals surface area contributed by atoms with Crippen LogP contribution in [0, 0.1) is 17.2 Å². The first kappa shape index (κ1) is 14.1. The minimum atomic E-state index is -0.925. The topological polar surface area (TPSA) is 68.6 Å². The Morgan fingerprint density at radius 2 is 1.95 bits per heavy atom. The molecule has 1 aromatic carbocycles. The molecule has 0 bridgehead atoms. The molecule has 1 aliphatic carbocycles. The van der Waals surface area contributed by atoms with E-state index in [4.69, 9.17) is 5.39 Å². The summed E-state index contributed by atoms with van der Waals surface area (Å²) < 4.78 is 0. The lowest BCUT2D eigenvalue weighted by Gasteiger charge is -2.26. The Kier molecular flexibility index (Phi) is 4.40. The molecule has 1 saturated carbocycles. The van der Waals surface area contributed by atoms with E-state index >= 15 is 0 Å². The standard InChI is InChI=1S/C16H16N2O2/c17-18-12-15(19)14-7-3-2-6-13(14)8-11-16(20)9-4-1-5-10-16/h2-3,6-7,12,20H,1,4-5,9-10H2/p+1/b15-12-. The molecule has 20 heavy (non-hydrogen) atoms. The molecule has 0 radical (unpaired) electrons. The Balaban J connectivity index is 2.31. The van der Waals surface area contributed by atoms with Crippen molar-refractivity contribution in [2.24, 2.45) is 0 Å². The van der Waals surface area contributed by atoms with Gasteiger partial charge in [-0.15, -0.1) is 0 Å². The molecule has 2 rings (SSSR count). The molecule has 4 heteroatoms. The lowest BCUT2D eigenvalue weighted by atomic mass is 9.85. The van der Waals surface area contributed by atoms with E-state index in [-0.39, 0.29) is 5.76 Å². The van der Waals surface area contributed by atoms with Gasteiger partial charge in [-0.3, -0.25) is 0 Å². The SMILES string of the molecule is N#[N+]/C=C(\O)c1ccccc1C#CC1(O)CCCCC1. The van der Waals surface area contributed by atoms with Crippen molar-refractivity contribution < 1.29 is 10.2 Å². The van der Waals surface area contributed by atoms with Gasteiger partial charge in [-0.1, -0.05) is 30.4 Å². The van der Waals surface area contributed by atoms with Crippen LogP contribution in [0.15, 0.2) is 30.5 Å². The molecule has 1 fully saturated rings. The number of aliphatic hydroxyl groups is 2. The maximum Gasteiger partial charge on any atom is 0.392 e. The van der Waals surface area contributed by atoms with Gasteiger partial charge in [0.2, 0.25) is 11.2 Å². The maximum atomic E-state index is 10.4. The summed E-state index contributed by atoms with van der Waals surface area (Å²) in [7, 11) is 0. The second kappa shape index (κ2) is 6.23. The first-order valence-corrected chi connectivity index (χ1v) is 6.73. The molecule has 2 N–H and O–H groups in total. The van der Waals surface area contributed by atoms with Gasteiger partial charge in [0.1, 0.15) is 5.60 Å². The van der Waals surface area contributed by atoms with Crippen LogP contribution in [-0.2, 0) is 0 Å². The van der Waals surface area contributed by atoms with Gasteiger partial charge < -0.3 is 10.2 Å². The summed E-state index contributed by atoms with van der Waals surface area (Å²) in [6, 6.07) is 7.01. The van der Waals surface area contributed by atoms with Gasteiger partial charge in [-0.25, -0.2) is 0 Å². The Morgan fingerprint density at radius 1 is 1.25 bits per heavy atom. The van der Waals surface area contributed by atoms with Crippen molar-refractivity contribution in [1.29, 1.82) is 5.39 Å². The minimum Gasteiger partial charge on any atom is -0.501 e. The molecule has 0 amide bonds. The molecule has 0 saturated heterocycles. The first-order valence-electron chi connectivity index (χ1n) is 6.73. The van der Waals surface area contributed by atoms with Gasteiger partial charge in [0, 0.05) is 11.1 Å². The molecule has 1 aromatic rings. The van der Waals surface area contributed by atoms with Crippen LogP contribution >= 0.6 is 0 Å². The van der Waals surface area contributed by atoms with Crippen LogP contribution in [-0.4, -0.2) is 15.8 Å². The molecular weight excluding hydrogens is 252 g/mol. The van der Waals surface area contributed by atoms with Crippen LogP contribution in [0.2, 0.25) is 0 Å². The highest BCUT2D eigenvalue weighted by atomic mass is 16.3. The zero-order chi connectivity index (χ0) is 14.4. The lowest BCUT2D eigenvalue weighted by molar-refractivity contribution is 0.0610. The van der Waals surface area contributed by atoms with Crippen molar-refractivity contribution in [1.82, 2.24) is 0 Å². The number of rotatable bonds is 1. The molecule has 4 nitrogen and oxygen atoms in total. The first-order chi connectivity index (χ1) is 9.64. The second-order valence-corrected chi connectivity index (χ2v) is 5.02. The van der Waals surface area contributed by atoms with E-state index in [9.17, 15) is 10.2 Å². The van der Waals surface area contributed by atoms with E-state index in [1.165, 1.54) is 0 Å². The van der Waals surface area contributed by atoms with Crippen LogP contribution in [0.4, 0.5) is 0 Å². The summed E-state index contributed by atoms with van der Waals surface area (Å²) in [6.45, 7) is 0. The quantitative estimate of drug-likeness (QED) is 0.466. The van der Waals surface area contributed by atoms with Crippen molar-refractivity contribution in [3.8, 4) is 11.8 Å². The molecule has 0 atom stereocenters. The zero-order valence-corrected chi connectivity index (χ0v) is 11.2. The molecule has 0 aromatic heterocycles. The largest absolute Gasteiger partial charge is 0.501 e. The maximum absolute atomic E-state index is 10.4. The molecule has 102 valence electrons. The molecule has 0 heterocycles. The summed E-state index contributed by atoms with van der Waals surface area (Å²) in [5.41, 5.74) is 0.160. The number of nitrogens with zero attached hydrogens (tertiary/aromatic N) is 2. The monoisotopic (exact) mass is 269 g/mol. The van der Waals surface area contributed by atoms with Gasteiger partial charge in [-0.05, 0) is 37.8 Å². The Labute approximate surface area is 118 Å². The van der Waals surface area contributed by atoms with E-state index in [0.29, 0.717) is 24.0 Å². The lowest BCUT2D eigenvalue weighted by Crippen LogP contribution is -2.29. The number of hydrogen-bond donors (Lipinski definition) is 2. The summed E-state index contributed by atoms with van der Waals surface area (Å²) in [5.74, 6) is 5.71. The fourth-order valence-electron chi connectivity index (χ4n) is 2.39. The van der Waals surface area contributed by atoms with Crippen LogP contribution in [0.1, 0.15) is 43.2 Å². The predicted molar refractivity (Wildman–Crippen MR) is 77.0 cm³/mol. The van der Waals surface area contributed by atoms with E-state index < -0.39 is 5.60 Å². The number of diazo groups is 1. The highest BCUT2D eigenvalue weighted by Crippen LogP contribution is 2.27. The van der Waals surface area contributed by atoms with E-state index in [1.54, 1.807) is 18.2 Å². The van der Waals surface area contributed by atoms with Gasteiger partial charge in [-0.2, -0.15) is 0 Å². The van der Waals surface area contributed by atoms with E-state index in [2.05, 4.69) is 16.8 Å².